The number of nitriles is 1. The normalized spacial score (nSPS) is 17.6. The molecule has 24 aromatic rings. The molecule has 12 aliphatic carbocycles. The lowest BCUT2D eigenvalue weighted by atomic mass is 9.64. The fourth-order valence-corrected chi connectivity index (χ4v) is 26.5. The average molecular weight is 1820 g/mol. The average Bonchev–Trinajstić information content (AvgIpc) is 0.681. The maximum absolute atomic E-state index is 10.3. The molecular weight excluding hydrogens is 1730 g/mol. The molecule has 0 saturated carbocycles. The van der Waals surface area contributed by atoms with Gasteiger partial charge in [-0.2, -0.15) is 5.26 Å². The molecule has 0 atom stereocenters. The van der Waals surface area contributed by atoms with E-state index >= 15 is 0 Å². The molecule has 4 aromatic heterocycles. The Kier molecular flexibility index (Phi) is 17.4. The number of nitrogens with zero attached hydrogens (tertiary/aromatic N) is 10. The molecule has 0 aliphatic heterocycles. The van der Waals surface area contributed by atoms with Gasteiger partial charge in [-0.05, 0) is 277 Å². The van der Waals surface area contributed by atoms with Gasteiger partial charge in [0.05, 0.1) is 149 Å². The second kappa shape index (κ2) is 30.2. The summed E-state index contributed by atoms with van der Waals surface area (Å²) in [6.07, 6.45) is 0. The van der Waals surface area contributed by atoms with E-state index in [0.29, 0.717) is 22.3 Å². The van der Waals surface area contributed by atoms with Gasteiger partial charge in [-0.15, -0.1) is 0 Å². The van der Waals surface area contributed by atoms with Crippen molar-refractivity contribution in [3.63, 3.8) is 0 Å². The standard InChI is InChI=1S/C38H34N2.C32H16N4.C32H22N2.C30H18N2/c1-37(2,3)31-27-19-21-13-7-8-14-22(21)20-28(27)32(38(4,5)6)36-35(31)39-33-29-23-15-9-11-17-25(23)30(34(33)40-36)26-18-12-10-16-24(26)29;1-34-28-24-15-18-9-3-2-8-17(18)14-23(24)25(16-33)29-32(28)36-31-27-21-12-6-4-10-19(21)26(30(31)35-29)20-11-5-7-13-22(20)27;1-17-25-15-19-9-3-4-10-20(19)16-26(25)18(2)30-29(17)33-31-27-21-11-5-7-13-23(21)28(32(31)34-30)24-14-8-6-12-22(24)27;1-2-8-18-14-20-16-26-25(15-19(20)13-17(18)7-1)31-29-27-21-9-3-5-11-23(21)28(30(29)32-26)24-12-6-4-10-22(24)27/h7-20,29-30H,1-6H3;2-15,26-27H;3-16,27-28H,1-2H3;1-16,27-28H. The van der Waals surface area contributed by atoms with Gasteiger partial charge in [0.2, 0.25) is 5.69 Å². The second-order valence-corrected chi connectivity index (χ2v) is 42.1. The van der Waals surface area contributed by atoms with Crippen LogP contribution >= 0.6 is 0 Å². The number of benzene rings is 20. The highest BCUT2D eigenvalue weighted by Gasteiger charge is 2.49. The Morgan fingerprint density at radius 1 is 0.225 bits per heavy atom. The summed E-state index contributed by atoms with van der Waals surface area (Å²) in [5, 5.41) is 29.1. The molecule has 0 fully saturated rings. The summed E-state index contributed by atoms with van der Waals surface area (Å²) in [5.74, 6) is 0.770. The van der Waals surface area contributed by atoms with Crippen molar-refractivity contribution in [3.8, 4) is 6.07 Å². The largest absolute Gasteiger partial charge is 0.260 e. The van der Waals surface area contributed by atoms with Crippen molar-refractivity contribution in [3.05, 3.63) is 526 Å². The third-order valence-electron chi connectivity index (χ3n) is 32.4. The van der Waals surface area contributed by atoms with Crippen molar-refractivity contribution in [2.45, 2.75) is 114 Å². The minimum Gasteiger partial charge on any atom is -0.260 e. The molecule has 12 aliphatic rings. The highest BCUT2D eigenvalue weighted by atomic mass is 14.9. The summed E-state index contributed by atoms with van der Waals surface area (Å²) >= 11 is 0. The number of aromatic nitrogens is 8. The Morgan fingerprint density at radius 2 is 0.430 bits per heavy atom. The number of fused-ring (bicyclic) bond motifs is 12. The van der Waals surface area contributed by atoms with Gasteiger partial charge in [0.1, 0.15) is 6.07 Å². The van der Waals surface area contributed by atoms with Crippen molar-refractivity contribution in [2.24, 2.45) is 0 Å². The van der Waals surface area contributed by atoms with Crippen LogP contribution < -0.4 is 0 Å². The van der Waals surface area contributed by atoms with Crippen molar-refractivity contribution in [1.82, 2.24) is 39.9 Å². The van der Waals surface area contributed by atoms with Crippen LogP contribution in [0.3, 0.4) is 0 Å². The second-order valence-electron chi connectivity index (χ2n) is 42.1. The molecule has 0 N–H and O–H groups in total. The van der Waals surface area contributed by atoms with Crippen LogP contribution in [-0.2, 0) is 10.8 Å². The van der Waals surface area contributed by atoms with Crippen molar-refractivity contribution < 1.29 is 0 Å². The van der Waals surface area contributed by atoms with Crippen molar-refractivity contribution in [1.29, 1.82) is 5.26 Å². The zero-order valence-corrected chi connectivity index (χ0v) is 79.6. The Hall–Kier alpha value is -17.2. The van der Waals surface area contributed by atoms with Gasteiger partial charge in [0.25, 0.3) is 0 Å². The third-order valence-corrected chi connectivity index (χ3v) is 32.4. The smallest absolute Gasteiger partial charge is 0.222 e. The molecule has 0 radical (unpaired) electrons. The van der Waals surface area contributed by atoms with Gasteiger partial charge >= 0.3 is 0 Å². The zero-order chi connectivity index (χ0) is 94.9. The van der Waals surface area contributed by atoms with Crippen LogP contribution in [0.1, 0.15) is 251 Å². The first-order chi connectivity index (χ1) is 69.5. The molecule has 0 saturated heterocycles. The Morgan fingerprint density at radius 3 is 0.676 bits per heavy atom. The molecule has 4 heterocycles. The molecule has 0 amide bonds. The highest BCUT2D eigenvalue weighted by Crippen LogP contribution is 2.62. The van der Waals surface area contributed by atoms with E-state index < -0.39 is 0 Å². The molecule has 36 rings (SSSR count). The maximum Gasteiger partial charge on any atom is 0.222 e. The van der Waals surface area contributed by atoms with Gasteiger partial charge in [-0.25, -0.2) is 39.7 Å². The molecule has 8 bridgehead atoms. The van der Waals surface area contributed by atoms with Crippen LogP contribution in [0.4, 0.5) is 5.69 Å². The SMILES string of the molecule is CC(C)(C)c1c2cc3ccccc3cc2c(C(C)(C)C)c2nc3c(nc12)C1c2ccccc2C3c2ccccc21.Cc1c2cc3ccccc3cc2c(C)c2nc3c(nc12)C1c2ccccc2C3c2ccccc21.[C-]#[N+]c1c2cc3ccccc3cc2c(C#N)c2nc3c(nc12)C1c2ccccc2C3c2ccccc21.c1ccc2c(c1)C1c3ccccc3C2c2nc3cc4cc5ccccc5cc4cc3nc21. The van der Waals surface area contributed by atoms with E-state index in [-0.39, 0.29) is 58.2 Å². The molecule has 0 spiro atoms. The summed E-state index contributed by atoms with van der Waals surface area (Å²) < 4.78 is 0. The summed E-state index contributed by atoms with van der Waals surface area (Å²) in [7, 11) is 0. The van der Waals surface area contributed by atoms with E-state index in [4.69, 9.17) is 46.4 Å². The summed E-state index contributed by atoms with van der Waals surface area (Å²) in [5.41, 5.74) is 43.2. The van der Waals surface area contributed by atoms with Crippen LogP contribution in [0.25, 0.3) is 135 Å². The van der Waals surface area contributed by atoms with Crippen LogP contribution in [0, 0.1) is 31.8 Å². The van der Waals surface area contributed by atoms with E-state index in [2.05, 4.69) is 382 Å². The van der Waals surface area contributed by atoms with E-state index in [1.807, 2.05) is 36.4 Å². The van der Waals surface area contributed by atoms with E-state index in [0.717, 1.165) is 100 Å². The van der Waals surface area contributed by atoms with E-state index in [1.54, 1.807) is 0 Å². The summed E-state index contributed by atoms with van der Waals surface area (Å²) in [4.78, 5) is 47.1. The van der Waals surface area contributed by atoms with Crippen LogP contribution in [0.5, 0.6) is 0 Å². The maximum atomic E-state index is 10.3. The Bertz CT molecular complexity index is 9190. The third kappa shape index (κ3) is 11.7. The first-order valence-corrected chi connectivity index (χ1v) is 49.6. The number of aryl methyl sites for hydroxylation is 2. The zero-order valence-electron chi connectivity index (χ0n) is 79.6. The molecule has 142 heavy (non-hydrogen) atoms. The minimum absolute atomic E-state index is 0.0364. The molecular formula is C132H90N10. The number of hydrogen-bond acceptors (Lipinski definition) is 9. The van der Waals surface area contributed by atoms with Crippen LogP contribution in [-0.4, -0.2) is 39.9 Å². The first-order valence-electron chi connectivity index (χ1n) is 49.6. The van der Waals surface area contributed by atoms with E-state index in [9.17, 15) is 5.26 Å². The fourth-order valence-electron chi connectivity index (χ4n) is 26.5. The number of hydrogen-bond donors (Lipinski definition) is 0. The Balaban J connectivity index is 0.0000000907. The van der Waals surface area contributed by atoms with Gasteiger partial charge in [-0.1, -0.05) is 339 Å². The summed E-state index contributed by atoms with van der Waals surface area (Å²) in [6, 6.07) is 129. The first kappa shape index (κ1) is 81.9. The predicted molar refractivity (Wildman–Crippen MR) is 575 cm³/mol. The van der Waals surface area contributed by atoms with Crippen molar-refractivity contribution in [2.75, 3.05) is 0 Å². The molecule has 20 aromatic carbocycles. The van der Waals surface area contributed by atoms with E-state index in [1.165, 1.54) is 176 Å². The van der Waals surface area contributed by atoms with Gasteiger partial charge < -0.3 is 0 Å². The van der Waals surface area contributed by atoms with Crippen LogP contribution in [0.15, 0.2) is 352 Å². The topological polar surface area (TPSA) is 131 Å². The predicted octanol–water partition coefficient (Wildman–Crippen LogP) is 31.3. The lowest BCUT2D eigenvalue weighted by Gasteiger charge is -2.41. The lowest BCUT2D eigenvalue weighted by molar-refractivity contribution is 0.589. The van der Waals surface area contributed by atoms with Gasteiger partial charge in [0.15, 0.2) is 0 Å². The molecule has 0 unspecified atom stereocenters. The fraction of sp³-hybridized carbons (Fsp3) is 0.136. The highest BCUT2D eigenvalue weighted by molar-refractivity contribution is 6.17. The Labute approximate surface area is 820 Å². The molecule has 10 nitrogen and oxygen atoms in total. The molecule has 10 heteroatoms. The van der Waals surface area contributed by atoms with Crippen molar-refractivity contribution >= 4 is 136 Å². The minimum atomic E-state index is -0.109. The summed E-state index contributed by atoms with van der Waals surface area (Å²) in [6.45, 7) is 26.5. The lowest BCUT2D eigenvalue weighted by Crippen LogP contribution is -2.30. The monoisotopic (exact) mass is 1810 g/mol. The van der Waals surface area contributed by atoms with Gasteiger partial charge in [-0.3, -0.25) is 4.98 Å². The van der Waals surface area contributed by atoms with Gasteiger partial charge in [0, 0.05) is 0 Å². The molecule has 668 valence electrons. The van der Waals surface area contributed by atoms with Crippen LogP contribution in [0.2, 0.25) is 0 Å². The number of rotatable bonds is 0. The quantitative estimate of drug-likeness (QED) is 0.108.